The average molecular weight is 310 g/mol. The first-order chi connectivity index (χ1) is 11.0. The summed E-state index contributed by atoms with van der Waals surface area (Å²) in [5.74, 6) is 0. The van der Waals surface area contributed by atoms with E-state index in [4.69, 9.17) is 0 Å². The summed E-state index contributed by atoms with van der Waals surface area (Å²) in [4.78, 5) is 13.0. The first kappa shape index (κ1) is 16.0. The van der Waals surface area contributed by atoms with E-state index in [0.717, 1.165) is 24.1 Å². The van der Waals surface area contributed by atoms with Crippen molar-refractivity contribution in [2.75, 3.05) is 0 Å². The van der Waals surface area contributed by atoms with Gasteiger partial charge in [0, 0.05) is 29.8 Å². The molecular formula is C20H26N2O. The molecule has 122 valence electrons. The molecule has 0 saturated heterocycles. The number of aryl methyl sites for hydroxylation is 2. The molecule has 0 bridgehead atoms. The molecule has 1 aromatic heterocycles. The molecule has 1 aromatic carbocycles. The molecule has 3 nitrogen and oxygen atoms in total. The molecule has 0 radical (unpaired) electrons. The van der Waals surface area contributed by atoms with Crippen molar-refractivity contribution in [3.05, 3.63) is 57.4 Å². The predicted molar refractivity (Wildman–Crippen MR) is 95.9 cm³/mol. The zero-order valence-electron chi connectivity index (χ0n) is 14.5. The van der Waals surface area contributed by atoms with Crippen LogP contribution in [0.3, 0.4) is 0 Å². The van der Waals surface area contributed by atoms with E-state index in [0.29, 0.717) is 18.6 Å². The van der Waals surface area contributed by atoms with Gasteiger partial charge in [0.15, 0.2) is 0 Å². The van der Waals surface area contributed by atoms with Crippen molar-refractivity contribution in [1.29, 1.82) is 0 Å². The fourth-order valence-electron chi connectivity index (χ4n) is 3.06. The number of aromatic nitrogens is 1. The first-order valence-corrected chi connectivity index (χ1v) is 8.53. The van der Waals surface area contributed by atoms with E-state index in [2.05, 4.69) is 57.3 Å². The Morgan fingerprint density at radius 2 is 1.91 bits per heavy atom. The third-order valence-corrected chi connectivity index (χ3v) is 4.47. The van der Waals surface area contributed by atoms with Crippen LogP contribution in [-0.4, -0.2) is 10.6 Å². The van der Waals surface area contributed by atoms with E-state index in [1.807, 2.05) is 10.6 Å². The average Bonchev–Trinajstić information content (AvgIpc) is 3.30. The molecule has 0 amide bonds. The second kappa shape index (κ2) is 6.32. The van der Waals surface area contributed by atoms with Crippen LogP contribution >= 0.6 is 0 Å². The Bertz CT molecular complexity index is 770. The highest BCUT2D eigenvalue weighted by molar-refractivity contribution is 5.65. The van der Waals surface area contributed by atoms with Crippen molar-refractivity contribution in [3.8, 4) is 11.3 Å². The molecule has 0 aliphatic heterocycles. The lowest BCUT2D eigenvalue weighted by atomic mass is 10.0. The molecule has 1 aliphatic rings. The van der Waals surface area contributed by atoms with Crippen molar-refractivity contribution >= 4 is 0 Å². The lowest BCUT2D eigenvalue weighted by molar-refractivity contribution is 0.579. The Labute approximate surface area is 138 Å². The van der Waals surface area contributed by atoms with Gasteiger partial charge in [-0.3, -0.25) is 4.79 Å². The van der Waals surface area contributed by atoms with Gasteiger partial charge < -0.3 is 9.88 Å². The van der Waals surface area contributed by atoms with Gasteiger partial charge in [0.1, 0.15) is 0 Å². The molecule has 23 heavy (non-hydrogen) atoms. The van der Waals surface area contributed by atoms with Gasteiger partial charge in [0.25, 0.3) is 5.56 Å². The van der Waals surface area contributed by atoms with Gasteiger partial charge in [0.2, 0.25) is 0 Å². The zero-order chi connectivity index (χ0) is 16.6. The second-order valence-corrected chi connectivity index (χ2v) is 7.00. The van der Waals surface area contributed by atoms with Crippen LogP contribution in [0, 0.1) is 13.8 Å². The van der Waals surface area contributed by atoms with Gasteiger partial charge in [-0.15, -0.1) is 0 Å². The van der Waals surface area contributed by atoms with Gasteiger partial charge in [0.05, 0.1) is 5.69 Å². The molecule has 3 rings (SSSR count). The third kappa shape index (κ3) is 3.40. The van der Waals surface area contributed by atoms with Crippen LogP contribution in [0.2, 0.25) is 0 Å². The summed E-state index contributed by atoms with van der Waals surface area (Å²) in [5, 5.41) is 3.35. The number of benzene rings is 1. The number of nitrogens with one attached hydrogen (secondary N) is 1. The van der Waals surface area contributed by atoms with Crippen LogP contribution in [0.15, 0.2) is 35.1 Å². The minimum absolute atomic E-state index is 0.165. The Morgan fingerprint density at radius 1 is 1.17 bits per heavy atom. The van der Waals surface area contributed by atoms with Crippen LogP contribution in [0.5, 0.6) is 0 Å². The number of pyridine rings is 1. The van der Waals surface area contributed by atoms with Crippen LogP contribution in [0.1, 0.15) is 49.4 Å². The molecular weight excluding hydrogens is 284 g/mol. The Hall–Kier alpha value is -1.87. The fourth-order valence-corrected chi connectivity index (χ4v) is 3.06. The smallest absolute Gasteiger partial charge is 0.255 e. The maximum absolute atomic E-state index is 13.0. The van der Waals surface area contributed by atoms with Gasteiger partial charge in [-0.2, -0.15) is 0 Å². The van der Waals surface area contributed by atoms with Crippen molar-refractivity contribution in [2.45, 2.75) is 59.2 Å². The lowest BCUT2D eigenvalue weighted by Gasteiger charge is -2.17. The molecule has 1 heterocycles. The molecule has 0 spiro atoms. The van der Waals surface area contributed by atoms with Crippen LogP contribution in [0.25, 0.3) is 11.3 Å². The van der Waals surface area contributed by atoms with Crippen LogP contribution in [-0.2, 0) is 6.54 Å². The van der Waals surface area contributed by atoms with E-state index >= 15 is 0 Å². The SMILES string of the molecule is Cc1ccc(-c2ccc(CNC(C)C)c(=O)n2C2CC2)c(C)c1. The molecule has 3 heteroatoms. The summed E-state index contributed by atoms with van der Waals surface area (Å²) in [7, 11) is 0. The van der Waals surface area contributed by atoms with Gasteiger partial charge in [-0.25, -0.2) is 0 Å². The summed E-state index contributed by atoms with van der Waals surface area (Å²) in [5.41, 5.74) is 5.74. The molecule has 0 atom stereocenters. The van der Waals surface area contributed by atoms with Crippen LogP contribution < -0.4 is 10.9 Å². The summed E-state index contributed by atoms with van der Waals surface area (Å²) in [6.45, 7) is 9.06. The van der Waals surface area contributed by atoms with Gasteiger partial charge in [-0.1, -0.05) is 43.7 Å². The van der Waals surface area contributed by atoms with Crippen LogP contribution in [0.4, 0.5) is 0 Å². The Morgan fingerprint density at radius 3 is 2.52 bits per heavy atom. The minimum Gasteiger partial charge on any atom is -0.310 e. The van der Waals surface area contributed by atoms with Crippen molar-refractivity contribution in [2.24, 2.45) is 0 Å². The number of hydrogen-bond acceptors (Lipinski definition) is 2. The highest BCUT2D eigenvalue weighted by atomic mass is 16.1. The van der Waals surface area contributed by atoms with E-state index in [1.54, 1.807) is 0 Å². The lowest BCUT2D eigenvalue weighted by Crippen LogP contribution is -2.30. The Kier molecular flexibility index (Phi) is 4.40. The summed E-state index contributed by atoms with van der Waals surface area (Å²) < 4.78 is 2.02. The number of nitrogens with zero attached hydrogens (tertiary/aromatic N) is 1. The highest BCUT2D eigenvalue weighted by Gasteiger charge is 2.28. The first-order valence-electron chi connectivity index (χ1n) is 8.53. The summed E-state index contributed by atoms with van der Waals surface area (Å²) in [6, 6.07) is 11.3. The topological polar surface area (TPSA) is 34.0 Å². The standard InChI is InChI=1S/C20H26N2O/c1-13(2)21-12-16-6-10-19(22(20(16)23)17-7-8-17)18-9-5-14(3)11-15(18)4/h5-6,9-11,13,17,21H,7-8,12H2,1-4H3. The highest BCUT2D eigenvalue weighted by Crippen LogP contribution is 2.37. The van der Waals surface area contributed by atoms with E-state index in [-0.39, 0.29) is 5.56 Å². The number of hydrogen-bond donors (Lipinski definition) is 1. The van der Waals surface area contributed by atoms with E-state index in [1.165, 1.54) is 16.7 Å². The summed E-state index contributed by atoms with van der Waals surface area (Å²) >= 11 is 0. The quantitative estimate of drug-likeness (QED) is 0.907. The minimum atomic E-state index is 0.165. The Balaban J connectivity index is 2.07. The number of rotatable bonds is 5. The van der Waals surface area contributed by atoms with E-state index in [9.17, 15) is 4.79 Å². The molecule has 0 unspecified atom stereocenters. The normalized spacial score (nSPS) is 14.5. The second-order valence-electron chi connectivity index (χ2n) is 7.00. The molecule has 1 fully saturated rings. The van der Waals surface area contributed by atoms with Crippen molar-refractivity contribution < 1.29 is 0 Å². The van der Waals surface area contributed by atoms with E-state index < -0.39 is 0 Å². The predicted octanol–water partition coefficient (Wildman–Crippen LogP) is 3.97. The van der Waals surface area contributed by atoms with Crippen molar-refractivity contribution in [1.82, 2.24) is 9.88 Å². The molecule has 1 aliphatic carbocycles. The fraction of sp³-hybridized carbons (Fsp3) is 0.450. The largest absolute Gasteiger partial charge is 0.310 e. The maximum atomic E-state index is 13.0. The molecule has 1 saturated carbocycles. The third-order valence-electron chi connectivity index (χ3n) is 4.47. The van der Waals surface area contributed by atoms with Crippen molar-refractivity contribution in [3.63, 3.8) is 0 Å². The van der Waals surface area contributed by atoms with Gasteiger partial charge >= 0.3 is 0 Å². The molecule has 1 N–H and O–H groups in total. The monoisotopic (exact) mass is 310 g/mol. The maximum Gasteiger partial charge on any atom is 0.255 e. The van der Waals surface area contributed by atoms with Gasteiger partial charge in [-0.05, 0) is 38.3 Å². The molecule has 2 aromatic rings. The zero-order valence-corrected chi connectivity index (χ0v) is 14.5. The summed E-state index contributed by atoms with van der Waals surface area (Å²) in [6.07, 6.45) is 2.22.